The fraction of sp³-hybridized carbons (Fsp3) is 0.526. The summed E-state index contributed by atoms with van der Waals surface area (Å²) in [6, 6.07) is 5.13. The lowest BCUT2D eigenvalue weighted by molar-refractivity contribution is -0.116. The summed E-state index contributed by atoms with van der Waals surface area (Å²) in [5, 5.41) is 12.3. The number of aromatic hydroxyl groups is 1. The van der Waals surface area contributed by atoms with E-state index in [0.717, 1.165) is 24.1 Å². The summed E-state index contributed by atoms with van der Waals surface area (Å²) in [6.45, 7) is 4.88. The molecule has 0 spiro atoms. The number of carbonyl (C=O) groups is 1. The predicted octanol–water partition coefficient (Wildman–Crippen LogP) is 4.58. The second-order valence-corrected chi connectivity index (χ2v) is 5.79. The third-order valence-electron chi connectivity index (χ3n) is 3.75. The highest BCUT2D eigenvalue weighted by Crippen LogP contribution is 2.16. The molecule has 0 aromatic heterocycles. The first kappa shape index (κ1) is 18.3. The molecule has 0 radical (unpaired) electrons. The van der Waals surface area contributed by atoms with Crippen LogP contribution in [0.4, 0.5) is 0 Å². The molecule has 2 N–H and O–H groups in total. The number of amides is 1. The second kappa shape index (κ2) is 10.9. The fourth-order valence-electron chi connectivity index (χ4n) is 2.36. The summed E-state index contributed by atoms with van der Waals surface area (Å²) >= 11 is 0. The molecule has 3 nitrogen and oxygen atoms in total. The fourth-order valence-corrected chi connectivity index (χ4v) is 2.36. The molecule has 0 unspecified atom stereocenters. The lowest BCUT2D eigenvalue weighted by Crippen LogP contribution is -2.21. The SMILES string of the molecule is CCCCCCCCCNC(=O)C=Cc1ccc(O)cc1C. The summed E-state index contributed by atoms with van der Waals surface area (Å²) in [7, 11) is 0. The van der Waals surface area contributed by atoms with Crippen LogP contribution in [0.2, 0.25) is 0 Å². The Bertz CT molecular complexity index is 480. The molecule has 0 aliphatic carbocycles. The maximum Gasteiger partial charge on any atom is 0.243 e. The predicted molar refractivity (Wildman–Crippen MR) is 92.9 cm³/mol. The number of benzene rings is 1. The first-order valence-corrected chi connectivity index (χ1v) is 8.39. The maximum absolute atomic E-state index is 11.7. The van der Waals surface area contributed by atoms with E-state index in [1.54, 1.807) is 24.3 Å². The number of phenols is 1. The van der Waals surface area contributed by atoms with Gasteiger partial charge < -0.3 is 10.4 Å². The highest BCUT2D eigenvalue weighted by Gasteiger charge is 1.98. The van der Waals surface area contributed by atoms with Gasteiger partial charge in [0.2, 0.25) is 5.91 Å². The minimum atomic E-state index is -0.0570. The lowest BCUT2D eigenvalue weighted by atomic mass is 10.1. The van der Waals surface area contributed by atoms with E-state index in [-0.39, 0.29) is 11.7 Å². The van der Waals surface area contributed by atoms with E-state index in [4.69, 9.17) is 0 Å². The largest absolute Gasteiger partial charge is 0.508 e. The lowest BCUT2D eigenvalue weighted by Gasteiger charge is -2.03. The minimum Gasteiger partial charge on any atom is -0.508 e. The van der Waals surface area contributed by atoms with Gasteiger partial charge in [0.15, 0.2) is 0 Å². The van der Waals surface area contributed by atoms with Crippen molar-refractivity contribution in [2.75, 3.05) is 6.54 Å². The number of aryl methyl sites for hydroxylation is 1. The average Bonchev–Trinajstić information content (AvgIpc) is 2.49. The number of phenolic OH excluding ortho intramolecular Hbond substituents is 1. The van der Waals surface area contributed by atoms with Crippen LogP contribution in [0.3, 0.4) is 0 Å². The molecule has 0 atom stereocenters. The zero-order chi connectivity index (χ0) is 16.2. The van der Waals surface area contributed by atoms with E-state index >= 15 is 0 Å². The Balaban J connectivity index is 2.16. The van der Waals surface area contributed by atoms with E-state index in [0.29, 0.717) is 0 Å². The third-order valence-corrected chi connectivity index (χ3v) is 3.75. The summed E-state index contributed by atoms with van der Waals surface area (Å²) in [5.41, 5.74) is 1.90. The maximum atomic E-state index is 11.7. The van der Waals surface area contributed by atoms with Crippen LogP contribution < -0.4 is 5.32 Å². The number of hydrogen-bond donors (Lipinski definition) is 2. The molecule has 1 rings (SSSR count). The van der Waals surface area contributed by atoms with Crippen LogP contribution in [0.15, 0.2) is 24.3 Å². The van der Waals surface area contributed by atoms with E-state index in [2.05, 4.69) is 12.2 Å². The van der Waals surface area contributed by atoms with E-state index < -0.39 is 0 Å². The van der Waals surface area contributed by atoms with Gasteiger partial charge in [0.1, 0.15) is 5.75 Å². The van der Waals surface area contributed by atoms with E-state index in [9.17, 15) is 9.90 Å². The molecule has 22 heavy (non-hydrogen) atoms. The van der Waals surface area contributed by atoms with Crippen molar-refractivity contribution in [1.82, 2.24) is 5.32 Å². The smallest absolute Gasteiger partial charge is 0.243 e. The summed E-state index contributed by atoms with van der Waals surface area (Å²) in [5.74, 6) is 0.191. The Morgan fingerprint density at radius 1 is 1.14 bits per heavy atom. The zero-order valence-corrected chi connectivity index (χ0v) is 13.9. The first-order valence-electron chi connectivity index (χ1n) is 8.39. The van der Waals surface area contributed by atoms with Gasteiger partial charge in [-0.15, -0.1) is 0 Å². The molecular weight excluding hydrogens is 274 g/mol. The van der Waals surface area contributed by atoms with Crippen LogP contribution >= 0.6 is 0 Å². The van der Waals surface area contributed by atoms with Crippen LogP contribution in [0.5, 0.6) is 5.75 Å². The zero-order valence-electron chi connectivity index (χ0n) is 13.9. The topological polar surface area (TPSA) is 49.3 Å². The molecule has 0 aliphatic rings. The van der Waals surface area contributed by atoms with Crippen LogP contribution in [0.1, 0.15) is 63.0 Å². The Labute approximate surface area is 134 Å². The highest BCUT2D eigenvalue weighted by atomic mass is 16.3. The van der Waals surface area contributed by atoms with Crippen molar-refractivity contribution in [3.05, 3.63) is 35.4 Å². The monoisotopic (exact) mass is 303 g/mol. The average molecular weight is 303 g/mol. The number of hydrogen-bond acceptors (Lipinski definition) is 2. The molecule has 0 saturated heterocycles. The molecule has 0 saturated carbocycles. The second-order valence-electron chi connectivity index (χ2n) is 5.79. The molecule has 0 aliphatic heterocycles. The van der Waals surface area contributed by atoms with E-state index in [1.165, 1.54) is 38.5 Å². The Kier molecular flexibility index (Phi) is 9.04. The van der Waals surface area contributed by atoms with Gasteiger partial charge in [-0.25, -0.2) is 0 Å². The molecule has 0 heterocycles. The molecule has 1 amide bonds. The molecule has 1 aromatic carbocycles. The van der Waals surface area contributed by atoms with Gasteiger partial charge in [-0.1, -0.05) is 51.5 Å². The molecule has 122 valence electrons. The van der Waals surface area contributed by atoms with Crippen molar-refractivity contribution >= 4 is 12.0 Å². The van der Waals surface area contributed by atoms with Gasteiger partial charge in [0.05, 0.1) is 0 Å². The van der Waals surface area contributed by atoms with Crippen molar-refractivity contribution in [2.45, 2.75) is 58.8 Å². The quantitative estimate of drug-likeness (QED) is 0.491. The molecule has 3 heteroatoms. The molecule has 1 aromatic rings. The van der Waals surface area contributed by atoms with Gasteiger partial charge in [0.25, 0.3) is 0 Å². The van der Waals surface area contributed by atoms with Crippen LogP contribution in [0.25, 0.3) is 6.08 Å². The van der Waals surface area contributed by atoms with Gasteiger partial charge in [-0.05, 0) is 42.7 Å². The highest BCUT2D eigenvalue weighted by molar-refractivity contribution is 5.91. The van der Waals surface area contributed by atoms with Crippen LogP contribution in [0, 0.1) is 6.92 Å². The summed E-state index contributed by atoms with van der Waals surface area (Å²) in [6.07, 6.45) is 12.1. The van der Waals surface area contributed by atoms with Crippen LogP contribution in [-0.4, -0.2) is 17.6 Å². The van der Waals surface area contributed by atoms with Crippen molar-refractivity contribution in [3.63, 3.8) is 0 Å². The normalized spacial score (nSPS) is 11.0. The van der Waals surface area contributed by atoms with Gasteiger partial charge in [0, 0.05) is 12.6 Å². The number of rotatable bonds is 10. The Hall–Kier alpha value is -1.77. The summed E-state index contributed by atoms with van der Waals surface area (Å²) < 4.78 is 0. The number of carbonyl (C=O) groups excluding carboxylic acids is 1. The standard InChI is InChI=1S/C19H29NO2/c1-3-4-5-6-7-8-9-14-20-19(22)13-11-17-10-12-18(21)15-16(17)2/h10-13,15,21H,3-9,14H2,1-2H3,(H,20,22). The van der Waals surface area contributed by atoms with Crippen molar-refractivity contribution < 1.29 is 9.90 Å². The first-order chi connectivity index (χ1) is 10.6. The molecular formula is C19H29NO2. The van der Waals surface area contributed by atoms with Gasteiger partial charge >= 0.3 is 0 Å². The van der Waals surface area contributed by atoms with Crippen molar-refractivity contribution in [3.8, 4) is 5.75 Å². The van der Waals surface area contributed by atoms with Gasteiger partial charge in [-0.3, -0.25) is 4.79 Å². The van der Waals surface area contributed by atoms with Crippen molar-refractivity contribution in [1.29, 1.82) is 0 Å². The third kappa shape index (κ3) is 7.87. The number of unbranched alkanes of at least 4 members (excludes halogenated alkanes) is 6. The van der Waals surface area contributed by atoms with E-state index in [1.807, 2.05) is 13.0 Å². The van der Waals surface area contributed by atoms with Crippen LogP contribution in [-0.2, 0) is 4.79 Å². The Morgan fingerprint density at radius 3 is 2.50 bits per heavy atom. The minimum absolute atomic E-state index is 0.0570. The Morgan fingerprint density at radius 2 is 1.82 bits per heavy atom. The molecule has 0 fully saturated rings. The number of nitrogens with one attached hydrogen (secondary N) is 1. The summed E-state index contributed by atoms with van der Waals surface area (Å²) in [4.78, 5) is 11.7. The van der Waals surface area contributed by atoms with Gasteiger partial charge in [-0.2, -0.15) is 0 Å². The van der Waals surface area contributed by atoms with Crippen molar-refractivity contribution in [2.24, 2.45) is 0 Å². The molecule has 0 bridgehead atoms.